The molecule has 0 bridgehead atoms. The Hall–Kier alpha value is -1.03. The maximum absolute atomic E-state index is 13.6. The number of hydrogen-bond acceptors (Lipinski definition) is 4. The first-order chi connectivity index (χ1) is 15.0. The molecule has 1 aliphatic rings. The van der Waals surface area contributed by atoms with Crippen LogP contribution in [0, 0.1) is 0 Å². The third-order valence-corrected chi connectivity index (χ3v) is 10.1. The van der Waals surface area contributed by atoms with Gasteiger partial charge in [-0.25, -0.2) is 21.1 Å². The molecule has 11 heteroatoms. The Morgan fingerprint density at radius 2 is 1.53 bits per heavy atom. The van der Waals surface area contributed by atoms with Gasteiger partial charge in [0.1, 0.15) is 0 Å². The van der Waals surface area contributed by atoms with Gasteiger partial charge in [0.2, 0.25) is 10.0 Å². The Morgan fingerprint density at radius 3 is 2.16 bits per heavy atom. The molecule has 3 rings (SSSR count). The zero-order valence-corrected chi connectivity index (χ0v) is 21.4. The molecule has 0 aromatic heterocycles. The predicted molar refractivity (Wildman–Crippen MR) is 131 cm³/mol. The van der Waals surface area contributed by atoms with Crippen molar-refractivity contribution in [3.8, 4) is 0 Å². The first kappa shape index (κ1) is 25.6. The monoisotopic (exact) mass is 538 g/mol. The number of nitrogens with zero attached hydrogens (tertiary/aromatic N) is 2. The fourth-order valence-electron chi connectivity index (χ4n) is 3.75. The summed E-state index contributed by atoms with van der Waals surface area (Å²) in [5, 5.41) is 0.976. The highest BCUT2D eigenvalue weighted by molar-refractivity contribution is 7.93. The first-order valence-corrected chi connectivity index (χ1v) is 14.4. The number of halogens is 3. The molecule has 1 heterocycles. The SMILES string of the molecule is C[C@H](CCCS(=O)(=O)N1CCCC1)N(c1cc(Cl)ccc1Cl)S(=O)(=O)c1ccc(Cl)cc1. The summed E-state index contributed by atoms with van der Waals surface area (Å²) < 4.78 is 55.0. The maximum Gasteiger partial charge on any atom is 0.264 e. The van der Waals surface area contributed by atoms with Crippen LogP contribution < -0.4 is 4.31 Å². The number of anilines is 1. The van der Waals surface area contributed by atoms with Gasteiger partial charge in [-0.2, -0.15) is 0 Å². The van der Waals surface area contributed by atoms with Crippen molar-refractivity contribution < 1.29 is 16.8 Å². The van der Waals surface area contributed by atoms with Gasteiger partial charge in [-0.15, -0.1) is 0 Å². The van der Waals surface area contributed by atoms with Gasteiger partial charge < -0.3 is 0 Å². The minimum Gasteiger partial charge on any atom is -0.262 e. The van der Waals surface area contributed by atoms with Crippen molar-refractivity contribution in [3.05, 3.63) is 57.5 Å². The zero-order chi connectivity index (χ0) is 23.5. The smallest absolute Gasteiger partial charge is 0.262 e. The molecule has 2 aromatic carbocycles. The van der Waals surface area contributed by atoms with Crippen LogP contribution >= 0.6 is 34.8 Å². The molecule has 0 spiro atoms. The van der Waals surface area contributed by atoms with E-state index in [0.717, 1.165) is 12.8 Å². The standard InChI is InChI=1S/C21H25Cl3N2O4S2/c1-16(5-4-14-31(27,28)25-12-2-3-13-25)26(21-15-18(23)8-11-20(21)24)32(29,30)19-9-6-17(22)7-10-19/h6-11,15-16H,2-5,12-14H2,1H3/t16-/m1/s1. The van der Waals surface area contributed by atoms with Gasteiger partial charge in [-0.3, -0.25) is 4.31 Å². The van der Waals surface area contributed by atoms with E-state index < -0.39 is 26.1 Å². The Kier molecular flexibility index (Phi) is 8.39. The van der Waals surface area contributed by atoms with Crippen molar-refractivity contribution in [2.24, 2.45) is 0 Å². The van der Waals surface area contributed by atoms with Gasteiger partial charge in [0.15, 0.2) is 0 Å². The molecule has 1 saturated heterocycles. The highest BCUT2D eigenvalue weighted by Gasteiger charge is 2.32. The number of hydrogen-bond donors (Lipinski definition) is 0. The van der Waals surface area contributed by atoms with Crippen LogP contribution in [0.4, 0.5) is 5.69 Å². The molecule has 0 N–H and O–H groups in total. The topological polar surface area (TPSA) is 74.8 Å². The lowest BCUT2D eigenvalue weighted by molar-refractivity contribution is 0.473. The van der Waals surface area contributed by atoms with Crippen molar-refractivity contribution in [2.45, 2.75) is 43.5 Å². The Labute approximate surface area is 205 Å². The molecule has 1 aliphatic heterocycles. The summed E-state index contributed by atoms with van der Waals surface area (Å²) in [6, 6.07) is 9.89. The summed E-state index contributed by atoms with van der Waals surface area (Å²) in [6.07, 6.45) is 2.37. The third kappa shape index (κ3) is 5.90. The highest BCUT2D eigenvalue weighted by atomic mass is 35.5. The Bertz CT molecular complexity index is 1150. The molecule has 0 amide bonds. The Balaban J connectivity index is 1.88. The van der Waals surface area contributed by atoms with Crippen LogP contribution in [0.1, 0.15) is 32.6 Å². The van der Waals surface area contributed by atoms with E-state index in [1.54, 1.807) is 13.0 Å². The number of rotatable bonds is 9. The van der Waals surface area contributed by atoms with Gasteiger partial charge >= 0.3 is 0 Å². The van der Waals surface area contributed by atoms with Crippen molar-refractivity contribution in [1.29, 1.82) is 0 Å². The van der Waals surface area contributed by atoms with Crippen LogP contribution in [-0.2, 0) is 20.0 Å². The number of benzene rings is 2. The Morgan fingerprint density at radius 1 is 0.938 bits per heavy atom. The first-order valence-electron chi connectivity index (χ1n) is 10.3. The second kappa shape index (κ2) is 10.5. The van der Waals surface area contributed by atoms with Gasteiger partial charge in [-0.1, -0.05) is 34.8 Å². The van der Waals surface area contributed by atoms with E-state index in [0.29, 0.717) is 36.0 Å². The minimum absolute atomic E-state index is 0.0323. The average molecular weight is 540 g/mol. The summed E-state index contributed by atoms with van der Waals surface area (Å²) in [7, 11) is -7.37. The summed E-state index contributed by atoms with van der Waals surface area (Å²) in [5.74, 6) is -0.0323. The lowest BCUT2D eigenvalue weighted by Gasteiger charge is -2.31. The predicted octanol–water partition coefficient (Wildman–Crippen LogP) is 5.44. The molecule has 0 unspecified atom stereocenters. The van der Waals surface area contributed by atoms with E-state index >= 15 is 0 Å². The minimum atomic E-state index is -4.02. The van der Waals surface area contributed by atoms with E-state index in [2.05, 4.69) is 0 Å². The summed E-state index contributed by atoms with van der Waals surface area (Å²) in [5.41, 5.74) is 0.240. The van der Waals surface area contributed by atoms with Crippen LogP contribution in [0.15, 0.2) is 47.4 Å². The highest BCUT2D eigenvalue weighted by Crippen LogP contribution is 2.35. The second-order valence-corrected chi connectivity index (χ2v) is 12.9. The summed E-state index contributed by atoms with van der Waals surface area (Å²) >= 11 is 18.4. The van der Waals surface area contributed by atoms with Crippen LogP contribution in [-0.4, -0.2) is 46.0 Å². The van der Waals surface area contributed by atoms with Crippen molar-refractivity contribution in [3.63, 3.8) is 0 Å². The van der Waals surface area contributed by atoms with Crippen molar-refractivity contribution in [2.75, 3.05) is 23.1 Å². The van der Waals surface area contributed by atoms with E-state index in [4.69, 9.17) is 34.8 Å². The van der Waals surface area contributed by atoms with Crippen LogP contribution in [0.25, 0.3) is 0 Å². The second-order valence-electron chi connectivity index (χ2n) is 7.76. The lowest BCUT2D eigenvalue weighted by atomic mass is 10.2. The van der Waals surface area contributed by atoms with E-state index in [9.17, 15) is 16.8 Å². The third-order valence-electron chi connectivity index (χ3n) is 5.40. The fraction of sp³-hybridized carbons (Fsp3) is 0.429. The molecule has 0 aliphatic carbocycles. The van der Waals surface area contributed by atoms with Gasteiger partial charge in [0, 0.05) is 29.2 Å². The molecule has 2 aromatic rings. The summed E-state index contributed by atoms with van der Waals surface area (Å²) in [6.45, 7) is 2.83. The van der Waals surface area contributed by atoms with E-state index in [1.807, 2.05) is 0 Å². The molecule has 1 atom stereocenters. The van der Waals surface area contributed by atoms with Gasteiger partial charge in [-0.05, 0) is 75.1 Å². The van der Waals surface area contributed by atoms with Gasteiger partial charge in [0.05, 0.1) is 21.4 Å². The van der Waals surface area contributed by atoms with E-state index in [-0.39, 0.29) is 21.4 Å². The van der Waals surface area contributed by atoms with Gasteiger partial charge in [0.25, 0.3) is 10.0 Å². The molecule has 32 heavy (non-hydrogen) atoms. The largest absolute Gasteiger partial charge is 0.264 e. The molecule has 176 valence electrons. The fourth-order valence-corrected chi connectivity index (χ4v) is 7.60. The lowest BCUT2D eigenvalue weighted by Crippen LogP contribution is -2.39. The zero-order valence-electron chi connectivity index (χ0n) is 17.5. The molecular weight excluding hydrogens is 515 g/mol. The summed E-state index contributed by atoms with van der Waals surface area (Å²) in [4.78, 5) is 0.0504. The molecule has 0 radical (unpaired) electrons. The van der Waals surface area contributed by atoms with E-state index in [1.165, 1.54) is 45.0 Å². The average Bonchev–Trinajstić information content (AvgIpc) is 3.27. The van der Waals surface area contributed by atoms with Crippen LogP contribution in [0.2, 0.25) is 15.1 Å². The molecule has 1 fully saturated rings. The van der Waals surface area contributed by atoms with Crippen molar-refractivity contribution in [1.82, 2.24) is 4.31 Å². The molecular formula is C21H25Cl3N2O4S2. The van der Waals surface area contributed by atoms with Crippen molar-refractivity contribution >= 4 is 60.5 Å². The number of sulfonamides is 2. The molecule has 6 nitrogen and oxygen atoms in total. The van der Waals surface area contributed by atoms with Crippen LogP contribution in [0.3, 0.4) is 0 Å². The molecule has 0 saturated carbocycles. The quantitative estimate of drug-likeness (QED) is 0.425. The van der Waals surface area contributed by atoms with Crippen LogP contribution in [0.5, 0.6) is 0 Å². The maximum atomic E-state index is 13.6. The normalized spacial score (nSPS) is 16.2.